The van der Waals surface area contributed by atoms with Crippen LogP contribution in [-0.4, -0.2) is 20.5 Å². The molecule has 6 heteroatoms. The van der Waals surface area contributed by atoms with Gasteiger partial charge in [0.15, 0.2) is 0 Å². The molecular formula is C14H8BrFN2O2. The van der Waals surface area contributed by atoms with Crippen LogP contribution in [0.4, 0.5) is 4.39 Å². The first kappa shape index (κ1) is 12.8. The minimum Gasteiger partial charge on any atom is -0.478 e. The summed E-state index contributed by atoms with van der Waals surface area (Å²) < 4.78 is 15.3. The molecule has 2 aromatic heterocycles. The number of nitrogens with zero attached hydrogens (tertiary/aromatic N) is 2. The lowest BCUT2D eigenvalue weighted by Gasteiger charge is -2.02. The zero-order valence-corrected chi connectivity index (χ0v) is 11.6. The Morgan fingerprint density at radius 1 is 1.20 bits per heavy atom. The minimum absolute atomic E-state index is 0.158. The van der Waals surface area contributed by atoms with Gasteiger partial charge in [0.1, 0.15) is 16.2 Å². The van der Waals surface area contributed by atoms with Gasteiger partial charge in [-0.15, -0.1) is 0 Å². The highest BCUT2D eigenvalue weighted by molar-refractivity contribution is 9.10. The standard InChI is InChI=1S/C14H8BrFN2O2/c15-12-11-6-3-9(14(19)20)7-18(11)13(17-12)8-1-4-10(16)5-2-8/h1-7H,(H,19,20). The Morgan fingerprint density at radius 2 is 1.90 bits per heavy atom. The minimum atomic E-state index is -1.01. The topological polar surface area (TPSA) is 54.6 Å². The predicted octanol–water partition coefficient (Wildman–Crippen LogP) is 3.60. The molecule has 1 aromatic carbocycles. The zero-order chi connectivity index (χ0) is 14.3. The van der Waals surface area contributed by atoms with Crippen molar-refractivity contribution in [1.29, 1.82) is 0 Å². The number of carboxylic acid groups (broad SMARTS) is 1. The maximum atomic E-state index is 13.0. The van der Waals surface area contributed by atoms with Crippen molar-refractivity contribution in [1.82, 2.24) is 9.38 Å². The number of carboxylic acids is 1. The molecule has 0 aliphatic heterocycles. The molecule has 0 spiro atoms. The Labute approximate surface area is 121 Å². The van der Waals surface area contributed by atoms with Gasteiger partial charge in [0.25, 0.3) is 0 Å². The van der Waals surface area contributed by atoms with Gasteiger partial charge in [-0.25, -0.2) is 14.2 Å². The number of halogens is 2. The lowest BCUT2D eigenvalue weighted by molar-refractivity contribution is 0.0696. The van der Waals surface area contributed by atoms with Crippen molar-refractivity contribution < 1.29 is 14.3 Å². The molecule has 0 radical (unpaired) electrons. The van der Waals surface area contributed by atoms with E-state index in [0.29, 0.717) is 16.0 Å². The first-order valence-corrected chi connectivity index (χ1v) is 6.52. The van der Waals surface area contributed by atoms with Gasteiger partial charge < -0.3 is 5.11 Å². The fourth-order valence-electron chi connectivity index (χ4n) is 1.98. The van der Waals surface area contributed by atoms with E-state index < -0.39 is 5.97 Å². The maximum Gasteiger partial charge on any atom is 0.337 e. The van der Waals surface area contributed by atoms with Crippen molar-refractivity contribution in [3.63, 3.8) is 0 Å². The normalized spacial score (nSPS) is 10.9. The van der Waals surface area contributed by atoms with Crippen LogP contribution in [0, 0.1) is 5.82 Å². The Balaban J connectivity index is 2.27. The molecule has 0 atom stereocenters. The number of benzene rings is 1. The molecule has 0 aliphatic rings. The molecule has 3 rings (SSSR count). The van der Waals surface area contributed by atoms with E-state index in [1.165, 1.54) is 24.4 Å². The van der Waals surface area contributed by atoms with Gasteiger partial charge >= 0.3 is 5.97 Å². The molecule has 100 valence electrons. The Bertz CT molecular complexity index is 812. The van der Waals surface area contributed by atoms with Crippen LogP contribution in [0.3, 0.4) is 0 Å². The second kappa shape index (κ2) is 4.72. The van der Waals surface area contributed by atoms with Crippen molar-refractivity contribution in [3.05, 3.63) is 58.6 Å². The molecule has 0 saturated heterocycles. The van der Waals surface area contributed by atoms with E-state index in [-0.39, 0.29) is 11.4 Å². The lowest BCUT2D eigenvalue weighted by atomic mass is 10.2. The number of hydrogen-bond donors (Lipinski definition) is 1. The number of hydrogen-bond acceptors (Lipinski definition) is 2. The average molecular weight is 335 g/mol. The largest absolute Gasteiger partial charge is 0.478 e. The van der Waals surface area contributed by atoms with Crippen molar-refractivity contribution >= 4 is 27.4 Å². The summed E-state index contributed by atoms with van der Waals surface area (Å²) in [7, 11) is 0. The summed E-state index contributed by atoms with van der Waals surface area (Å²) >= 11 is 3.34. The highest BCUT2D eigenvalue weighted by atomic mass is 79.9. The van der Waals surface area contributed by atoms with Gasteiger partial charge in [0.2, 0.25) is 0 Å². The maximum absolute atomic E-state index is 13.0. The number of pyridine rings is 1. The van der Waals surface area contributed by atoms with Crippen LogP contribution >= 0.6 is 15.9 Å². The number of fused-ring (bicyclic) bond motifs is 1. The third kappa shape index (κ3) is 2.08. The van der Waals surface area contributed by atoms with E-state index in [9.17, 15) is 9.18 Å². The van der Waals surface area contributed by atoms with Crippen LogP contribution in [0.25, 0.3) is 16.9 Å². The summed E-state index contributed by atoms with van der Waals surface area (Å²) in [5, 5.41) is 9.05. The third-order valence-corrected chi connectivity index (χ3v) is 3.53. The molecule has 2 heterocycles. The predicted molar refractivity (Wildman–Crippen MR) is 75.2 cm³/mol. The van der Waals surface area contributed by atoms with E-state index in [2.05, 4.69) is 20.9 Å². The highest BCUT2D eigenvalue weighted by Crippen LogP contribution is 2.26. The monoisotopic (exact) mass is 334 g/mol. The molecule has 3 aromatic rings. The molecular weight excluding hydrogens is 327 g/mol. The third-order valence-electron chi connectivity index (χ3n) is 2.94. The summed E-state index contributed by atoms with van der Waals surface area (Å²) in [6, 6.07) is 9.07. The fraction of sp³-hybridized carbons (Fsp3) is 0. The first-order chi connectivity index (χ1) is 9.56. The van der Waals surface area contributed by atoms with E-state index in [0.717, 1.165) is 5.52 Å². The zero-order valence-electron chi connectivity index (χ0n) is 10.0. The number of aromatic carboxylic acids is 1. The summed E-state index contributed by atoms with van der Waals surface area (Å²) in [6.07, 6.45) is 1.49. The first-order valence-electron chi connectivity index (χ1n) is 5.73. The second-order valence-corrected chi connectivity index (χ2v) is 4.96. The molecule has 4 nitrogen and oxygen atoms in total. The van der Waals surface area contributed by atoms with Crippen LogP contribution in [-0.2, 0) is 0 Å². The highest BCUT2D eigenvalue weighted by Gasteiger charge is 2.13. The van der Waals surface area contributed by atoms with E-state index in [1.807, 2.05) is 0 Å². The quantitative estimate of drug-likeness (QED) is 0.779. The van der Waals surface area contributed by atoms with Crippen LogP contribution < -0.4 is 0 Å². The summed E-state index contributed by atoms with van der Waals surface area (Å²) in [5.74, 6) is -0.795. The van der Waals surface area contributed by atoms with Crippen LogP contribution in [0.2, 0.25) is 0 Å². The Kier molecular flexibility index (Phi) is 3.02. The molecule has 0 unspecified atom stereocenters. The van der Waals surface area contributed by atoms with Crippen molar-refractivity contribution in [2.75, 3.05) is 0 Å². The van der Waals surface area contributed by atoms with Crippen LogP contribution in [0.5, 0.6) is 0 Å². The van der Waals surface area contributed by atoms with Gasteiger partial charge in [-0.05, 0) is 52.3 Å². The molecule has 0 saturated carbocycles. The van der Waals surface area contributed by atoms with Gasteiger partial charge in [0.05, 0.1) is 11.1 Å². The fourth-order valence-corrected chi connectivity index (χ4v) is 2.47. The molecule has 0 fully saturated rings. The van der Waals surface area contributed by atoms with E-state index >= 15 is 0 Å². The SMILES string of the molecule is O=C(O)c1ccc2c(Br)nc(-c3ccc(F)cc3)n2c1. The molecule has 0 bridgehead atoms. The average Bonchev–Trinajstić information content (AvgIpc) is 2.76. The van der Waals surface area contributed by atoms with Crippen molar-refractivity contribution in [3.8, 4) is 11.4 Å². The smallest absolute Gasteiger partial charge is 0.337 e. The summed E-state index contributed by atoms with van der Waals surface area (Å²) in [5.41, 5.74) is 1.61. The number of imidazole rings is 1. The van der Waals surface area contributed by atoms with Crippen LogP contribution in [0.1, 0.15) is 10.4 Å². The van der Waals surface area contributed by atoms with Crippen molar-refractivity contribution in [2.24, 2.45) is 0 Å². The summed E-state index contributed by atoms with van der Waals surface area (Å²) in [6.45, 7) is 0. The number of carbonyl (C=O) groups is 1. The van der Waals surface area contributed by atoms with Gasteiger partial charge in [-0.3, -0.25) is 4.40 Å². The molecule has 1 N–H and O–H groups in total. The van der Waals surface area contributed by atoms with Gasteiger partial charge in [0, 0.05) is 11.8 Å². The van der Waals surface area contributed by atoms with Gasteiger partial charge in [-0.2, -0.15) is 0 Å². The lowest BCUT2D eigenvalue weighted by Crippen LogP contribution is -1.99. The Hall–Kier alpha value is -2.21. The second-order valence-electron chi connectivity index (χ2n) is 4.21. The van der Waals surface area contributed by atoms with E-state index in [1.54, 1.807) is 22.6 Å². The molecule has 20 heavy (non-hydrogen) atoms. The molecule has 0 aliphatic carbocycles. The van der Waals surface area contributed by atoms with Gasteiger partial charge in [-0.1, -0.05) is 0 Å². The van der Waals surface area contributed by atoms with Crippen LogP contribution in [0.15, 0.2) is 47.2 Å². The number of aromatic nitrogens is 2. The Morgan fingerprint density at radius 3 is 2.55 bits per heavy atom. The van der Waals surface area contributed by atoms with Crippen molar-refractivity contribution in [2.45, 2.75) is 0 Å². The number of rotatable bonds is 2. The van der Waals surface area contributed by atoms with E-state index in [4.69, 9.17) is 5.11 Å². The molecule has 0 amide bonds. The summed E-state index contributed by atoms with van der Waals surface area (Å²) in [4.78, 5) is 15.4.